The Morgan fingerprint density at radius 3 is 2.83 bits per heavy atom. The number of rotatable bonds is 3. The number of ether oxygens (including phenoxy) is 1. The minimum absolute atomic E-state index is 0.194. The van der Waals surface area contributed by atoms with Crippen LogP contribution in [-0.2, 0) is 9.53 Å². The van der Waals surface area contributed by atoms with Crippen LogP contribution >= 0.6 is 0 Å². The van der Waals surface area contributed by atoms with Crippen LogP contribution in [0.2, 0.25) is 0 Å². The predicted molar refractivity (Wildman–Crippen MR) is 40.1 cm³/mol. The monoisotopic (exact) mass is 173 g/mol. The average molecular weight is 173 g/mol. The first-order valence-corrected chi connectivity index (χ1v) is 3.94. The van der Waals surface area contributed by atoms with Gasteiger partial charge in [0.05, 0.1) is 12.3 Å². The van der Waals surface area contributed by atoms with Crippen LogP contribution in [0.3, 0.4) is 0 Å². The van der Waals surface area contributed by atoms with Crippen LogP contribution in [0.5, 0.6) is 0 Å². The Hall–Kier alpha value is -1.13. The highest BCUT2D eigenvalue weighted by Crippen LogP contribution is 2.21. The molecule has 5 heteroatoms. The van der Waals surface area contributed by atoms with E-state index in [4.69, 9.17) is 0 Å². The molecular formula is C7H11NO4. The van der Waals surface area contributed by atoms with E-state index in [1.54, 1.807) is 6.92 Å². The Kier molecular flexibility index (Phi) is 2.62. The highest BCUT2D eigenvalue weighted by molar-refractivity contribution is 5.71. The fourth-order valence-corrected chi connectivity index (χ4v) is 1.43. The molecule has 0 N–H and O–H groups in total. The molecule has 0 aliphatic carbocycles. The fraction of sp³-hybridized carbons (Fsp3) is 0.857. The normalized spacial score (nSPS) is 25.1. The first-order valence-electron chi connectivity index (χ1n) is 3.94. The number of carbonyl (C=O) groups excluding carboxylic acids is 1. The second-order valence-corrected chi connectivity index (χ2v) is 2.91. The van der Waals surface area contributed by atoms with Crippen LogP contribution in [0.25, 0.3) is 0 Å². The zero-order valence-electron chi connectivity index (χ0n) is 6.86. The van der Waals surface area contributed by atoms with Gasteiger partial charge < -0.3 is 4.74 Å². The van der Waals surface area contributed by atoms with Gasteiger partial charge in [-0.15, -0.1) is 0 Å². The lowest BCUT2D eigenvalue weighted by Crippen LogP contribution is -2.28. The van der Waals surface area contributed by atoms with Gasteiger partial charge in [-0.3, -0.25) is 14.9 Å². The molecular weight excluding hydrogens is 162 g/mol. The molecule has 0 aromatic heterocycles. The molecule has 68 valence electrons. The number of esters is 1. The van der Waals surface area contributed by atoms with Crippen molar-refractivity contribution in [2.75, 3.05) is 6.61 Å². The summed E-state index contributed by atoms with van der Waals surface area (Å²) in [6.45, 7) is 1.95. The number of nitro groups is 1. The molecule has 0 spiro atoms. The topological polar surface area (TPSA) is 69.4 Å². The molecule has 0 saturated carbocycles. The summed E-state index contributed by atoms with van der Waals surface area (Å²) in [5, 5.41) is 10.5. The van der Waals surface area contributed by atoms with E-state index >= 15 is 0 Å². The second kappa shape index (κ2) is 3.51. The van der Waals surface area contributed by atoms with Crippen LogP contribution < -0.4 is 0 Å². The van der Waals surface area contributed by atoms with Crippen LogP contribution in [0.4, 0.5) is 0 Å². The lowest BCUT2D eigenvalue weighted by Gasteiger charge is -2.10. The third-order valence-electron chi connectivity index (χ3n) is 2.12. The van der Waals surface area contributed by atoms with E-state index < -0.39 is 6.04 Å². The van der Waals surface area contributed by atoms with Gasteiger partial charge in [0.2, 0.25) is 6.04 Å². The zero-order chi connectivity index (χ0) is 9.14. The minimum atomic E-state index is -0.628. The summed E-state index contributed by atoms with van der Waals surface area (Å²) in [5.74, 6) is -0.544. The predicted octanol–water partition coefficient (Wildman–Crippen LogP) is 0.605. The van der Waals surface area contributed by atoms with Crippen molar-refractivity contribution >= 4 is 5.97 Å². The standard InChI is InChI=1S/C7H11NO4/c1-2-6(8(10)11)5-3-7(9)12-4-5/h5-6H,2-4H2,1H3. The molecule has 0 aromatic carbocycles. The van der Waals surface area contributed by atoms with Gasteiger partial charge in [0.1, 0.15) is 6.61 Å². The Morgan fingerprint density at radius 1 is 1.83 bits per heavy atom. The van der Waals surface area contributed by atoms with Crippen molar-refractivity contribution in [3.05, 3.63) is 10.1 Å². The molecule has 1 saturated heterocycles. The summed E-state index contributed by atoms with van der Waals surface area (Å²) < 4.78 is 4.66. The molecule has 0 amide bonds. The molecule has 0 aromatic rings. The third-order valence-corrected chi connectivity index (χ3v) is 2.12. The van der Waals surface area contributed by atoms with E-state index in [0.717, 1.165) is 0 Å². The van der Waals surface area contributed by atoms with E-state index in [2.05, 4.69) is 4.74 Å². The minimum Gasteiger partial charge on any atom is -0.465 e. The lowest BCUT2D eigenvalue weighted by molar-refractivity contribution is -0.532. The summed E-state index contributed by atoms with van der Waals surface area (Å²) in [5.41, 5.74) is 0. The fourth-order valence-electron chi connectivity index (χ4n) is 1.43. The van der Waals surface area contributed by atoms with E-state index in [1.165, 1.54) is 0 Å². The summed E-state index contributed by atoms with van der Waals surface area (Å²) >= 11 is 0. The number of cyclic esters (lactones) is 1. The molecule has 12 heavy (non-hydrogen) atoms. The summed E-state index contributed by atoms with van der Waals surface area (Å²) in [6, 6.07) is -0.628. The Morgan fingerprint density at radius 2 is 2.50 bits per heavy atom. The zero-order valence-corrected chi connectivity index (χ0v) is 6.86. The number of nitrogens with zero attached hydrogens (tertiary/aromatic N) is 1. The molecule has 0 radical (unpaired) electrons. The summed E-state index contributed by atoms with van der Waals surface area (Å²) in [4.78, 5) is 20.8. The van der Waals surface area contributed by atoms with Gasteiger partial charge in [-0.25, -0.2) is 0 Å². The van der Waals surface area contributed by atoms with Crippen molar-refractivity contribution in [2.45, 2.75) is 25.8 Å². The first-order chi connectivity index (χ1) is 5.65. The van der Waals surface area contributed by atoms with Gasteiger partial charge in [0, 0.05) is 11.3 Å². The molecule has 5 nitrogen and oxygen atoms in total. The van der Waals surface area contributed by atoms with Crippen molar-refractivity contribution in [3.63, 3.8) is 0 Å². The number of hydrogen-bond acceptors (Lipinski definition) is 4. The maximum absolute atomic E-state index is 10.7. The Balaban J connectivity index is 2.55. The van der Waals surface area contributed by atoms with Gasteiger partial charge in [0.25, 0.3) is 0 Å². The van der Waals surface area contributed by atoms with Gasteiger partial charge in [-0.1, -0.05) is 6.92 Å². The van der Waals surface area contributed by atoms with E-state index in [9.17, 15) is 14.9 Å². The molecule has 1 aliphatic rings. The van der Waals surface area contributed by atoms with Crippen molar-refractivity contribution in [1.29, 1.82) is 0 Å². The quantitative estimate of drug-likeness (QED) is 0.356. The third kappa shape index (κ3) is 1.72. The Labute approximate surface area is 69.9 Å². The average Bonchev–Trinajstić information content (AvgIpc) is 2.37. The van der Waals surface area contributed by atoms with Crippen LogP contribution in [-0.4, -0.2) is 23.5 Å². The maximum atomic E-state index is 10.7. The van der Waals surface area contributed by atoms with Gasteiger partial charge in [-0.05, 0) is 0 Å². The molecule has 2 atom stereocenters. The van der Waals surface area contributed by atoms with Crippen LogP contribution in [0.15, 0.2) is 0 Å². The summed E-state index contributed by atoms with van der Waals surface area (Å²) in [6.07, 6.45) is 0.647. The lowest BCUT2D eigenvalue weighted by atomic mass is 9.97. The number of carbonyl (C=O) groups is 1. The molecule has 2 unspecified atom stereocenters. The first kappa shape index (κ1) is 8.96. The van der Waals surface area contributed by atoms with E-state index in [1.807, 2.05) is 0 Å². The molecule has 1 rings (SSSR count). The largest absolute Gasteiger partial charge is 0.465 e. The van der Waals surface area contributed by atoms with Crippen molar-refractivity contribution in [1.82, 2.24) is 0 Å². The summed E-state index contributed by atoms with van der Waals surface area (Å²) in [7, 11) is 0. The molecule has 0 bridgehead atoms. The maximum Gasteiger partial charge on any atom is 0.306 e. The van der Waals surface area contributed by atoms with Crippen molar-refractivity contribution in [2.24, 2.45) is 5.92 Å². The van der Waals surface area contributed by atoms with E-state index in [0.29, 0.717) is 6.42 Å². The highest BCUT2D eigenvalue weighted by atomic mass is 16.6. The van der Waals surface area contributed by atoms with Gasteiger partial charge in [-0.2, -0.15) is 0 Å². The van der Waals surface area contributed by atoms with Crippen LogP contribution in [0.1, 0.15) is 19.8 Å². The highest BCUT2D eigenvalue weighted by Gasteiger charge is 2.37. The van der Waals surface area contributed by atoms with Crippen molar-refractivity contribution in [3.8, 4) is 0 Å². The van der Waals surface area contributed by atoms with E-state index in [-0.39, 0.29) is 29.8 Å². The Bertz CT molecular complexity index is 204. The number of hydrogen-bond donors (Lipinski definition) is 0. The molecule has 1 aliphatic heterocycles. The molecule has 1 heterocycles. The van der Waals surface area contributed by atoms with Crippen molar-refractivity contribution < 1.29 is 14.5 Å². The van der Waals surface area contributed by atoms with Crippen LogP contribution in [0, 0.1) is 16.0 Å². The van der Waals surface area contributed by atoms with Gasteiger partial charge >= 0.3 is 5.97 Å². The van der Waals surface area contributed by atoms with Gasteiger partial charge in [0.15, 0.2) is 0 Å². The second-order valence-electron chi connectivity index (χ2n) is 2.91. The SMILES string of the molecule is CCC(C1COC(=O)C1)[N+](=O)[O-]. The smallest absolute Gasteiger partial charge is 0.306 e. The molecule has 1 fully saturated rings.